The van der Waals surface area contributed by atoms with E-state index in [0.29, 0.717) is 6.61 Å². The van der Waals surface area contributed by atoms with Crippen molar-refractivity contribution < 1.29 is 4.74 Å². The molecule has 90 valence electrons. The summed E-state index contributed by atoms with van der Waals surface area (Å²) in [5, 5.41) is 14.3. The molecule has 0 bridgehead atoms. The van der Waals surface area contributed by atoms with Crippen LogP contribution in [0, 0.1) is 0 Å². The summed E-state index contributed by atoms with van der Waals surface area (Å²) in [7, 11) is 1.69. The molecule has 0 radical (unpaired) electrons. The van der Waals surface area contributed by atoms with Crippen molar-refractivity contribution in [2.75, 3.05) is 19.0 Å². The Hall–Kier alpha value is -1.95. The first-order valence-electron chi connectivity index (χ1n) is 5.38. The number of rotatable bonds is 5. The number of methoxy groups -OCH3 is 1. The molecule has 0 saturated carbocycles. The van der Waals surface area contributed by atoms with Gasteiger partial charge in [0.25, 0.3) is 0 Å². The maximum absolute atomic E-state index is 5.07. The van der Waals surface area contributed by atoms with Crippen LogP contribution >= 0.6 is 0 Å². The van der Waals surface area contributed by atoms with Gasteiger partial charge in [-0.05, 0) is 41.6 Å². The molecule has 1 aromatic heterocycles. The highest BCUT2D eigenvalue weighted by Crippen LogP contribution is 2.12. The van der Waals surface area contributed by atoms with Gasteiger partial charge in [0.05, 0.1) is 12.3 Å². The van der Waals surface area contributed by atoms with Crippen LogP contribution in [0.4, 0.5) is 5.69 Å². The fraction of sp³-hybridized carbons (Fsp3) is 0.364. The van der Waals surface area contributed by atoms with Gasteiger partial charge in [-0.2, -0.15) is 0 Å². The minimum Gasteiger partial charge on any atom is -0.383 e. The summed E-state index contributed by atoms with van der Waals surface area (Å²) in [6.45, 7) is 2.74. The zero-order chi connectivity index (χ0) is 12.1. The van der Waals surface area contributed by atoms with Gasteiger partial charge >= 0.3 is 0 Å². The van der Waals surface area contributed by atoms with E-state index in [1.807, 2.05) is 24.3 Å². The van der Waals surface area contributed by atoms with E-state index in [-0.39, 0.29) is 6.04 Å². The highest BCUT2D eigenvalue weighted by molar-refractivity contribution is 5.48. The topological polar surface area (TPSA) is 64.9 Å². The number of anilines is 1. The third-order valence-corrected chi connectivity index (χ3v) is 2.31. The molecule has 0 aliphatic heterocycles. The first kappa shape index (κ1) is 11.5. The van der Waals surface area contributed by atoms with Crippen molar-refractivity contribution in [1.82, 2.24) is 20.2 Å². The van der Waals surface area contributed by atoms with Gasteiger partial charge in [0.15, 0.2) is 0 Å². The molecule has 6 heteroatoms. The van der Waals surface area contributed by atoms with E-state index in [9.17, 15) is 0 Å². The minimum absolute atomic E-state index is 0.277. The fourth-order valence-electron chi connectivity index (χ4n) is 1.57. The number of nitrogens with one attached hydrogen (secondary N) is 1. The van der Waals surface area contributed by atoms with Crippen LogP contribution in [0.1, 0.15) is 6.92 Å². The number of ether oxygens (including phenoxy) is 1. The van der Waals surface area contributed by atoms with Crippen LogP contribution in [0.2, 0.25) is 0 Å². The van der Waals surface area contributed by atoms with Gasteiger partial charge in [-0.15, -0.1) is 5.10 Å². The number of hydrogen-bond donors (Lipinski definition) is 1. The normalized spacial score (nSPS) is 12.4. The molecule has 0 spiro atoms. The molecule has 0 aliphatic carbocycles. The van der Waals surface area contributed by atoms with Gasteiger partial charge in [0, 0.05) is 18.8 Å². The Bertz CT molecular complexity index is 439. The molecule has 2 rings (SSSR count). The predicted octanol–water partition coefficient (Wildman–Crippen LogP) is 1.11. The fourth-order valence-corrected chi connectivity index (χ4v) is 1.57. The molecule has 0 amide bonds. The van der Waals surface area contributed by atoms with E-state index < -0.39 is 0 Å². The summed E-state index contributed by atoms with van der Waals surface area (Å²) in [5.41, 5.74) is 1.98. The molecule has 1 atom stereocenters. The molecule has 6 nitrogen and oxygen atoms in total. The number of nitrogens with zero attached hydrogens (tertiary/aromatic N) is 4. The van der Waals surface area contributed by atoms with Crippen molar-refractivity contribution in [1.29, 1.82) is 0 Å². The molecule has 1 aromatic carbocycles. The minimum atomic E-state index is 0.277. The Labute approximate surface area is 99.6 Å². The van der Waals surface area contributed by atoms with Crippen LogP contribution in [0.25, 0.3) is 5.69 Å². The third-order valence-electron chi connectivity index (χ3n) is 2.31. The smallest absolute Gasteiger partial charge is 0.143 e. The van der Waals surface area contributed by atoms with Gasteiger partial charge in [-0.1, -0.05) is 0 Å². The average molecular weight is 233 g/mol. The number of tetrazole rings is 1. The van der Waals surface area contributed by atoms with E-state index in [1.165, 1.54) is 0 Å². The van der Waals surface area contributed by atoms with Gasteiger partial charge in [0.2, 0.25) is 0 Å². The monoisotopic (exact) mass is 233 g/mol. The van der Waals surface area contributed by atoms with Crippen LogP contribution in [-0.4, -0.2) is 40.0 Å². The Balaban J connectivity index is 2.03. The van der Waals surface area contributed by atoms with Gasteiger partial charge in [-0.25, -0.2) is 4.68 Å². The molecule has 2 aromatic rings. The van der Waals surface area contributed by atoms with Crippen LogP contribution in [0.3, 0.4) is 0 Å². The highest BCUT2D eigenvalue weighted by Gasteiger charge is 2.02. The molecule has 1 unspecified atom stereocenters. The predicted molar refractivity (Wildman–Crippen MR) is 64.1 cm³/mol. The van der Waals surface area contributed by atoms with Crippen molar-refractivity contribution >= 4 is 5.69 Å². The zero-order valence-corrected chi connectivity index (χ0v) is 9.87. The van der Waals surface area contributed by atoms with Crippen LogP contribution in [0.15, 0.2) is 30.6 Å². The van der Waals surface area contributed by atoms with E-state index in [0.717, 1.165) is 11.4 Å². The Morgan fingerprint density at radius 2 is 2.12 bits per heavy atom. The quantitative estimate of drug-likeness (QED) is 0.838. The molecule has 0 aliphatic rings. The van der Waals surface area contributed by atoms with E-state index in [2.05, 4.69) is 27.8 Å². The molecule has 0 fully saturated rings. The maximum atomic E-state index is 5.07. The maximum Gasteiger partial charge on any atom is 0.143 e. The van der Waals surface area contributed by atoms with Crippen molar-refractivity contribution in [3.63, 3.8) is 0 Å². The van der Waals surface area contributed by atoms with Crippen molar-refractivity contribution in [2.45, 2.75) is 13.0 Å². The van der Waals surface area contributed by atoms with Crippen LogP contribution < -0.4 is 5.32 Å². The third kappa shape index (κ3) is 3.01. The standard InChI is InChI=1S/C11H15N5O/c1-9(7-17-2)13-10-3-5-11(6-4-10)16-8-12-14-15-16/h3-6,8-9,13H,7H2,1-2H3. The summed E-state index contributed by atoms with van der Waals surface area (Å²) in [6.07, 6.45) is 1.57. The SMILES string of the molecule is COCC(C)Nc1ccc(-n2cnnn2)cc1. The second-order valence-electron chi connectivity index (χ2n) is 3.80. The lowest BCUT2D eigenvalue weighted by atomic mass is 10.2. The number of hydrogen-bond acceptors (Lipinski definition) is 5. The van der Waals surface area contributed by atoms with Crippen molar-refractivity contribution in [3.05, 3.63) is 30.6 Å². The summed E-state index contributed by atoms with van der Waals surface area (Å²) in [5.74, 6) is 0. The molecule has 1 N–H and O–H groups in total. The van der Waals surface area contributed by atoms with Crippen molar-refractivity contribution in [3.8, 4) is 5.69 Å². The van der Waals surface area contributed by atoms with Crippen LogP contribution in [-0.2, 0) is 4.74 Å². The molecular weight excluding hydrogens is 218 g/mol. The number of aromatic nitrogens is 4. The largest absolute Gasteiger partial charge is 0.383 e. The first-order chi connectivity index (χ1) is 8.29. The first-order valence-corrected chi connectivity index (χ1v) is 5.38. The van der Waals surface area contributed by atoms with Gasteiger partial charge in [-0.3, -0.25) is 0 Å². The summed E-state index contributed by atoms with van der Waals surface area (Å²) >= 11 is 0. The molecule has 0 saturated heterocycles. The molecular formula is C11H15N5O. The van der Waals surface area contributed by atoms with Gasteiger partial charge < -0.3 is 10.1 Å². The summed E-state index contributed by atoms with van der Waals surface area (Å²) in [6, 6.07) is 8.17. The average Bonchev–Trinajstić information content (AvgIpc) is 2.84. The van der Waals surface area contributed by atoms with E-state index in [4.69, 9.17) is 4.74 Å². The Morgan fingerprint density at radius 1 is 1.35 bits per heavy atom. The zero-order valence-electron chi connectivity index (χ0n) is 9.87. The lowest BCUT2D eigenvalue weighted by Gasteiger charge is -2.14. The number of benzene rings is 1. The Morgan fingerprint density at radius 3 is 2.71 bits per heavy atom. The molecule has 17 heavy (non-hydrogen) atoms. The summed E-state index contributed by atoms with van der Waals surface area (Å²) in [4.78, 5) is 0. The van der Waals surface area contributed by atoms with Crippen molar-refractivity contribution in [2.24, 2.45) is 0 Å². The van der Waals surface area contributed by atoms with Crippen LogP contribution in [0.5, 0.6) is 0 Å². The van der Waals surface area contributed by atoms with E-state index in [1.54, 1.807) is 18.1 Å². The second kappa shape index (κ2) is 5.40. The lowest BCUT2D eigenvalue weighted by Crippen LogP contribution is -2.20. The Kier molecular flexibility index (Phi) is 3.66. The lowest BCUT2D eigenvalue weighted by molar-refractivity contribution is 0.190. The second-order valence-corrected chi connectivity index (χ2v) is 3.80. The summed E-state index contributed by atoms with van der Waals surface area (Å²) < 4.78 is 6.68. The molecule has 1 heterocycles. The van der Waals surface area contributed by atoms with Gasteiger partial charge in [0.1, 0.15) is 6.33 Å². The van der Waals surface area contributed by atoms with E-state index >= 15 is 0 Å². The highest BCUT2D eigenvalue weighted by atomic mass is 16.5.